The van der Waals surface area contributed by atoms with Crippen LogP contribution in [0.1, 0.15) is 31.5 Å². The second kappa shape index (κ2) is 7.85. The Kier molecular flexibility index (Phi) is 5.32. The molecule has 1 N–H and O–H groups in total. The number of aryl methyl sites for hydroxylation is 2. The Morgan fingerprint density at radius 3 is 2.62 bits per heavy atom. The van der Waals surface area contributed by atoms with Gasteiger partial charge in [-0.2, -0.15) is 10.1 Å². The number of benzene rings is 2. The summed E-state index contributed by atoms with van der Waals surface area (Å²) in [6.45, 7) is 4.99. The summed E-state index contributed by atoms with van der Waals surface area (Å²) in [6, 6.07) is 13.1. The van der Waals surface area contributed by atoms with E-state index in [9.17, 15) is 18.4 Å². The number of aromatic nitrogens is 1. The first-order valence-electron chi connectivity index (χ1n) is 10.4. The van der Waals surface area contributed by atoms with Crippen LogP contribution < -0.4 is 10.3 Å². The minimum atomic E-state index is -2.99. The van der Waals surface area contributed by atoms with Crippen molar-refractivity contribution >= 4 is 39.8 Å². The number of nitrogens with zero attached hydrogens (tertiary/aromatic N) is 3. The molecule has 0 saturated carbocycles. The molecule has 166 valence electrons. The average molecular weight is 438 g/mol. The highest BCUT2D eigenvalue weighted by Gasteiger charge is 2.40. The van der Waals surface area contributed by atoms with Crippen LogP contribution in [0.4, 0.5) is 20.2 Å². The van der Waals surface area contributed by atoms with Crippen LogP contribution in [0.3, 0.4) is 0 Å². The van der Waals surface area contributed by atoms with Gasteiger partial charge in [0.15, 0.2) is 5.92 Å². The normalized spacial score (nSPS) is 16.6. The number of hydrogen-bond donors (Lipinski definition) is 1. The quantitative estimate of drug-likeness (QED) is 0.572. The molecule has 0 spiro atoms. The molecule has 2 aromatic carbocycles. The monoisotopic (exact) mass is 438 g/mol. The number of carbonyl (C=O) groups is 2. The summed E-state index contributed by atoms with van der Waals surface area (Å²) in [5.74, 6) is -5.21. The molecular weight excluding hydrogens is 414 g/mol. The smallest absolute Gasteiger partial charge is 0.273 e. The molecule has 0 bridgehead atoms. The summed E-state index contributed by atoms with van der Waals surface area (Å²) in [6.07, 6.45) is -0.350. The molecule has 1 unspecified atom stereocenters. The molecule has 0 saturated heterocycles. The van der Waals surface area contributed by atoms with Crippen molar-refractivity contribution in [3.63, 3.8) is 0 Å². The number of halogens is 2. The number of fused-ring (bicyclic) bond motifs is 1. The fourth-order valence-corrected chi connectivity index (χ4v) is 3.88. The maximum Gasteiger partial charge on any atom is 0.273 e. The van der Waals surface area contributed by atoms with Crippen molar-refractivity contribution in [1.82, 2.24) is 4.57 Å². The minimum absolute atomic E-state index is 0.186. The van der Waals surface area contributed by atoms with Gasteiger partial charge in [0, 0.05) is 30.4 Å². The van der Waals surface area contributed by atoms with Gasteiger partial charge in [0.2, 0.25) is 5.91 Å². The van der Waals surface area contributed by atoms with Crippen LogP contribution in [-0.4, -0.2) is 22.1 Å². The fraction of sp³-hybridized carbons (Fsp3) is 0.292. The van der Waals surface area contributed by atoms with Gasteiger partial charge >= 0.3 is 0 Å². The number of rotatable bonds is 5. The van der Waals surface area contributed by atoms with Gasteiger partial charge in [0.05, 0.1) is 16.9 Å². The molecule has 0 fully saturated rings. The van der Waals surface area contributed by atoms with E-state index in [1.54, 1.807) is 13.0 Å². The second-order valence-electron chi connectivity index (χ2n) is 8.04. The molecule has 2 amide bonds. The third-order valence-corrected chi connectivity index (χ3v) is 5.90. The zero-order valence-electron chi connectivity index (χ0n) is 18.3. The summed E-state index contributed by atoms with van der Waals surface area (Å²) in [7, 11) is 1.94. The van der Waals surface area contributed by atoms with Crippen molar-refractivity contribution in [2.75, 3.05) is 10.3 Å². The zero-order chi connectivity index (χ0) is 23.2. The number of amides is 2. The van der Waals surface area contributed by atoms with Crippen molar-refractivity contribution in [1.29, 1.82) is 0 Å². The Morgan fingerprint density at radius 1 is 1.16 bits per heavy atom. The zero-order valence-corrected chi connectivity index (χ0v) is 18.3. The van der Waals surface area contributed by atoms with Gasteiger partial charge in [-0.15, -0.1) is 0 Å². The largest absolute Gasteiger partial charge is 0.348 e. The Morgan fingerprint density at radius 2 is 1.91 bits per heavy atom. The molecule has 3 aromatic rings. The lowest BCUT2D eigenvalue weighted by Crippen LogP contribution is -2.36. The van der Waals surface area contributed by atoms with Gasteiger partial charge in [-0.1, -0.05) is 25.1 Å². The first kappa shape index (κ1) is 21.7. The lowest BCUT2D eigenvalue weighted by molar-refractivity contribution is -0.127. The van der Waals surface area contributed by atoms with Crippen LogP contribution in [0, 0.1) is 12.8 Å². The molecule has 0 aliphatic carbocycles. The van der Waals surface area contributed by atoms with Gasteiger partial charge in [0.25, 0.3) is 11.8 Å². The molecule has 1 aromatic heterocycles. The Balaban J connectivity index is 1.57. The predicted octanol–water partition coefficient (Wildman–Crippen LogP) is 4.97. The molecule has 1 aliphatic heterocycles. The average Bonchev–Trinajstić information content (AvgIpc) is 3.22. The minimum Gasteiger partial charge on any atom is -0.348 e. The summed E-state index contributed by atoms with van der Waals surface area (Å²) < 4.78 is 30.0. The maximum absolute atomic E-state index is 14.0. The second-order valence-corrected chi connectivity index (χ2v) is 8.04. The van der Waals surface area contributed by atoms with E-state index >= 15 is 0 Å². The summed E-state index contributed by atoms with van der Waals surface area (Å²) in [5.41, 5.74) is 2.95. The fourth-order valence-electron chi connectivity index (χ4n) is 3.88. The van der Waals surface area contributed by atoms with Crippen LogP contribution in [0.5, 0.6) is 0 Å². The standard InChI is InChI=1S/C24H24F2N4O2/c1-5-24(25,26)17-7-6-8-18(12-17)27-22(31)21-15(3)28-30(23(21)32)19-10-9-16-11-14(2)29(4)20(16)13-19/h6-13,21H,5H2,1-4H3,(H,27,31). The van der Waals surface area contributed by atoms with Crippen LogP contribution in [0.2, 0.25) is 0 Å². The third kappa shape index (κ3) is 3.66. The first-order chi connectivity index (χ1) is 15.1. The van der Waals surface area contributed by atoms with Gasteiger partial charge < -0.3 is 9.88 Å². The Bertz CT molecular complexity index is 1260. The maximum atomic E-state index is 14.0. The molecule has 32 heavy (non-hydrogen) atoms. The van der Waals surface area contributed by atoms with Gasteiger partial charge in [-0.3, -0.25) is 9.59 Å². The lowest BCUT2D eigenvalue weighted by Gasteiger charge is -2.17. The van der Waals surface area contributed by atoms with Gasteiger partial charge in [0.1, 0.15) is 0 Å². The van der Waals surface area contributed by atoms with Crippen molar-refractivity contribution in [2.45, 2.75) is 33.1 Å². The number of nitrogens with one attached hydrogen (secondary N) is 1. The van der Waals surface area contributed by atoms with Crippen LogP contribution >= 0.6 is 0 Å². The van der Waals surface area contributed by atoms with Crippen LogP contribution in [-0.2, 0) is 22.6 Å². The van der Waals surface area contributed by atoms with Crippen molar-refractivity contribution < 1.29 is 18.4 Å². The van der Waals surface area contributed by atoms with E-state index in [4.69, 9.17) is 0 Å². The summed E-state index contributed by atoms with van der Waals surface area (Å²) in [5, 5.41) is 9.16. The highest BCUT2D eigenvalue weighted by molar-refractivity contribution is 6.28. The van der Waals surface area contributed by atoms with Gasteiger partial charge in [-0.05, 0) is 49.6 Å². The molecule has 4 rings (SSSR count). The molecule has 6 nitrogen and oxygen atoms in total. The lowest BCUT2D eigenvalue weighted by atomic mass is 10.0. The van der Waals surface area contributed by atoms with Crippen molar-refractivity contribution in [2.24, 2.45) is 18.1 Å². The van der Waals surface area contributed by atoms with E-state index in [1.165, 1.54) is 36.2 Å². The van der Waals surface area contributed by atoms with E-state index in [-0.39, 0.29) is 17.7 Å². The number of carbonyl (C=O) groups excluding carboxylic acids is 2. The first-order valence-corrected chi connectivity index (χ1v) is 10.4. The number of anilines is 2. The highest BCUT2D eigenvalue weighted by Crippen LogP contribution is 2.33. The third-order valence-electron chi connectivity index (χ3n) is 5.90. The molecule has 0 radical (unpaired) electrons. The van der Waals surface area contributed by atoms with Crippen molar-refractivity contribution in [3.8, 4) is 0 Å². The molecule has 1 atom stereocenters. The highest BCUT2D eigenvalue weighted by atomic mass is 19.3. The van der Waals surface area contributed by atoms with Crippen molar-refractivity contribution in [3.05, 3.63) is 59.8 Å². The molecule has 2 heterocycles. The van der Waals surface area contributed by atoms with E-state index in [1.807, 2.05) is 36.7 Å². The van der Waals surface area contributed by atoms with Gasteiger partial charge in [-0.25, -0.2) is 8.78 Å². The predicted molar refractivity (Wildman–Crippen MR) is 121 cm³/mol. The Hall–Kier alpha value is -3.55. The number of hydrazone groups is 1. The molecule has 1 aliphatic rings. The molecule has 8 heteroatoms. The summed E-state index contributed by atoms with van der Waals surface area (Å²) in [4.78, 5) is 26.0. The number of hydrogen-bond acceptors (Lipinski definition) is 3. The van der Waals surface area contributed by atoms with Crippen LogP contribution in [0.15, 0.2) is 53.6 Å². The summed E-state index contributed by atoms with van der Waals surface area (Å²) >= 11 is 0. The topological polar surface area (TPSA) is 66.7 Å². The van der Waals surface area contributed by atoms with E-state index in [0.717, 1.165) is 16.6 Å². The van der Waals surface area contributed by atoms with E-state index in [0.29, 0.717) is 11.4 Å². The SMILES string of the molecule is CCC(F)(F)c1cccc(NC(=O)C2C(=O)N(c3ccc4cc(C)n(C)c4c3)N=C2C)c1. The Labute approximate surface area is 184 Å². The van der Waals surface area contributed by atoms with E-state index < -0.39 is 23.7 Å². The van der Waals surface area contributed by atoms with E-state index in [2.05, 4.69) is 10.4 Å². The van der Waals surface area contributed by atoms with Crippen LogP contribution in [0.25, 0.3) is 10.9 Å². The number of alkyl halides is 2. The molecular formula is C24H24F2N4O2.